The normalized spacial score (nSPS) is 19.9. The first-order valence-corrected chi connectivity index (χ1v) is 27.6. The van der Waals surface area contributed by atoms with Crippen molar-refractivity contribution in [2.24, 2.45) is 0 Å². The van der Waals surface area contributed by atoms with Crippen molar-refractivity contribution in [1.82, 2.24) is 9.97 Å². The van der Waals surface area contributed by atoms with Gasteiger partial charge in [0.25, 0.3) is 0 Å². The molecule has 4 heterocycles. The smallest absolute Gasteiger partial charge is 0.338 e. The maximum Gasteiger partial charge on any atom is 0.338 e. The Bertz CT molecular complexity index is 2240. The monoisotopic (exact) mass is 994 g/mol. The molecule has 2 aromatic carbocycles. The molecule has 4 atom stereocenters. The highest BCUT2D eigenvalue weighted by Crippen LogP contribution is 2.56. The molecule has 13 heteroatoms. The number of hydrogen-bond acceptors (Lipinski definition) is 13. The molecule has 0 spiro atoms. The van der Waals surface area contributed by atoms with Crippen LogP contribution in [0.25, 0.3) is 0 Å². The van der Waals surface area contributed by atoms with Gasteiger partial charge in [-0.2, -0.15) is 0 Å². The predicted octanol–water partition coefficient (Wildman–Crippen LogP) is 13.5. The Morgan fingerprint density at radius 2 is 1.03 bits per heavy atom. The molecule has 4 unspecified atom stereocenters. The highest BCUT2D eigenvalue weighted by atomic mass is 32.2. The summed E-state index contributed by atoms with van der Waals surface area (Å²) in [5.74, 6) is 0.338. The lowest BCUT2D eigenvalue weighted by molar-refractivity contribution is -0.140. The number of esters is 3. The maximum atomic E-state index is 12.6. The van der Waals surface area contributed by atoms with Gasteiger partial charge in [0.2, 0.25) is 0 Å². The van der Waals surface area contributed by atoms with E-state index in [4.69, 9.17) is 28.9 Å². The molecule has 2 aromatic heterocycles. The molecule has 0 N–H and O–H groups in total. The van der Waals surface area contributed by atoms with Crippen LogP contribution in [-0.4, -0.2) is 71.9 Å². The fourth-order valence-corrected chi connectivity index (χ4v) is 14.5. The van der Waals surface area contributed by atoms with E-state index in [0.717, 1.165) is 47.7 Å². The van der Waals surface area contributed by atoms with Crippen molar-refractivity contribution in [2.45, 2.75) is 114 Å². The van der Waals surface area contributed by atoms with Crippen molar-refractivity contribution in [3.8, 4) is 0 Å². The van der Waals surface area contributed by atoms with Crippen LogP contribution >= 0.6 is 47.0 Å². The number of rotatable bonds is 28. The van der Waals surface area contributed by atoms with Crippen LogP contribution in [0.4, 0.5) is 0 Å². The minimum atomic E-state index is -0.498. The van der Waals surface area contributed by atoms with Crippen molar-refractivity contribution in [1.29, 1.82) is 0 Å². The predicted molar refractivity (Wildman–Crippen MR) is 282 cm³/mol. The second-order valence-electron chi connectivity index (χ2n) is 17.1. The maximum absolute atomic E-state index is 12.6. The number of aromatic nitrogens is 2. The van der Waals surface area contributed by atoms with Gasteiger partial charge in [-0.15, -0.1) is 47.0 Å². The van der Waals surface area contributed by atoms with Crippen LogP contribution in [0.2, 0.25) is 0 Å². The van der Waals surface area contributed by atoms with E-state index in [1.807, 2.05) is 96.2 Å². The fraction of sp³-hybridized carbons (Fsp3) is 0.436. The third-order valence-electron chi connectivity index (χ3n) is 11.7. The first kappa shape index (κ1) is 53.1. The van der Waals surface area contributed by atoms with Gasteiger partial charge in [0.05, 0.1) is 29.1 Å². The summed E-state index contributed by atoms with van der Waals surface area (Å²) in [7, 11) is 1.59. The number of nitrogens with zero attached hydrogens (tertiary/aromatic N) is 2. The summed E-state index contributed by atoms with van der Waals surface area (Å²) in [5.41, 5.74) is 5.84. The number of methoxy groups -OCH3 is 1. The molecular formula is C55H66N2O7S4. The molecule has 4 aromatic rings. The molecule has 6 rings (SSSR count). The fourth-order valence-electron chi connectivity index (χ4n) is 7.97. The summed E-state index contributed by atoms with van der Waals surface area (Å²) in [6.07, 6.45) is 27.6. The summed E-state index contributed by atoms with van der Waals surface area (Å²) in [6, 6.07) is 27.8. The number of pyridine rings is 2. The highest BCUT2D eigenvalue weighted by molar-refractivity contribution is 8.18. The van der Waals surface area contributed by atoms with Gasteiger partial charge in [-0.3, -0.25) is 9.97 Å². The van der Waals surface area contributed by atoms with Gasteiger partial charge >= 0.3 is 17.9 Å². The van der Waals surface area contributed by atoms with E-state index in [9.17, 15) is 14.4 Å². The molecule has 9 nitrogen and oxygen atoms in total. The quantitative estimate of drug-likeness (QED) is 0.0177. The van der Waals surface area contributed by atoms with Crippen molar-refractivity contribution in [3.63, 3.8) is 0 Å². The minimum absolute atomic E-state index is 0.00856. The number of ether oxygens (including phenoxy) is 4. The standard InChI is InChI=1S/C55H66N2O7S4/c1-42(2)51(58)62-38-39-64-53(60)46-30-26-44(27-31-46)41-66-55(50-23-13-15-35-57-50)33-17-21-48(68-55)19-11-9-7-5-4-6-8-10-18-47-20-16-32-54(67-47,49-22-12-14-34-56-49)65-40-43-24-28-45(29-25-43)52(59)63-37-36-61-3/h12-17,20-31,34-35,47-48H,1,4-11,18-19,32-33,36-41H2,2-3H3. The van der Waals surface area contributed by atoms with Gasteiger partial charge in [0.15, 0.2) is 0 Å². The summed E-state index contributed by atoms with van der Waals surface area (Å²) in [6.45, 7) is 5.74. The third-order valence-corrected chi connectivity index (χ3v) is 18.6. The third kappa shape index (κ3) is 16.7. The number of benzene rings is 2. The number of unbranched alkanes of at least 4 members (excludes halogenated alkanes) is 7. The van der Waals surface area contributed by atoms with Crippen molar-refractivity contribution < 1.29 is 33.3 Å². The van der Waals surface area contributed by atoms with Crippen LogP contribution in [0.1, 0.15) is 127 Å². The molecule has 2 aliphatic heterocycles. The highest BCUT2D eigenvalue weighted by Gasteiger charge is 2.39. The van der Waals surface area contributed by atoms with Gasteiger partial charge in [0.1, 0.15) is 28.0 Å². The average molecular weight is 995 g/mol. The first-order valence-electron chi connectivity index (χ1n) is 23.8. The Labute approximate surface area is 420 Å². The summed E-state index contributed by atoms with van der Waals surface area (Å²) in [5, 5.41) is 0.884. The number of thioether (sulfide) groups is 4. The zero-order valence-electron chi connectivity index (χ0n) is 39.5. The van der Waals surface area contributed by atoms with Crippen molar-refractivity contribution >= 4 is 65.0 Å². The molecule has 0 radical (unpaired) electrons. The molecule has 362 valence electrons. The lowest BCUT2D eigenvalue weighted by Gasteiger charge is -2.37. The van der Waals surface area contributed by atoms with Crippen LogP contribution < -0.4 is 0 Å². The van der Waals surface area contributed by atoms with E-state index in [2.05, 4.69) is 66.9 Å². The summed E-state index contributed by atoms with van der Waals surface area (Å²) < 4.78 is 20.2. The van der Waals surface area contributed by atoms with Gasteiger partial charge < -0.3 is 18.9 Å². The molecule has 0 saturated heterocycles. The summed E-state index contributed by atoms with van der Waals surface area (Å²) >= 11 is 7.95. The molecule has 0 bridgehead atoms. The van der Waals surface area contributed by atoms with Gasteiger partial charge in [-0.25, -0.2) is 14.4 Å². The average Bonchev–Trinajstić information content (AvgIpc) is 3.38. The lowest BCUT2D eigenvalue weighted by atomic mass is 10.0. The zero-order valence-corrected chi connectivity index (χ0v) is 42.8. The van der Waals surface area contributed by atoms with Gasteiger partial charge in [-0.05, 0) is 92.3 Å². The number of allylic oxidation sites excluding steroid dienone is 2. The topological polar surface area (TPSA) is 114 Å². The van der Waals surface area contributed by atoms with Gasteiger partial charge in [0, 0.05) is 47.1 Å². The lowest BCUT2D eigenvalue weighted by Crippen LogP contribution is -2.25. The van der Waals surface area contributed by atoms with E-state index in [1.54, 1.807) is 26.2 Å². The van der Waals surface area contributed by atoms with Crippen LogP contribution in [0.3, 0.4) is 0 Å². The molecule has 0 fully saturated rings. The van der Waals surface area contributed by atoms with E-state index < -0.39 is 11.9 Å². The van der Waals surface area contributed by atoms with Crippen molar-refractivity contribution in [2.75, 3.05) is 33.5 Å². The molecule has 68 heavy (non-hydrogen) atoms. The van der Waals surface area contributed by atoms with Crippen LogP contribution in [0.5, 0.6) is 0 Å². The molecule has 0 saturated carbocycles. The zero-order chi connectivity index (χ0) is 47.9. The van der Waals surface area contributed by atoms with Crippen molar-refractivity contribution in [3.05, 3.63) is 167 Å². The second-order valence-corrected chi connectivity index (χ2v) is 23.2. The minimum Gasteiger partial charge on any atom is -0.460 e. The first-order chi connectivity index (χ1) is 33.2. The molecular weight excluding hydrogens is 929 g/mol. The number of carbonyl (C=O) groups excluding carboxylic acids is 3. The Morgan fingerprint density at radius 1 is 0.603 bits per heavy atom. The Morgan fingerprint density at radius 3 is 1.44 bits per heavy atom. The van der Waals surface area contributed by atoms with E-state index in [1.165, 1.54) is 63.4 Å². The Hall–Kier alpha value is -4.27. The number of carbonyl (C=O) groups is 3. The number of hydrogen-bond donors (Lipinski definition) is 0. The van der Waals surface area contributed by atoms with Crippen LogP contribution in [-0.2, 0) is 43.4 Å². The Balaban J connectivity index is 0.880. The molecule has 0 amide bonds. The van der Waals surface area contributed by atoms with Crippen LogP contribution in [0.15, 0.2) is 134 Å². The van der Waals surface area contributed by atoms with Gasteiger partial charge in [-0.1, -0.05) is 119 Å². The largest absolute Gasteiger partial charge is 0.460 e. The van der Waals surface area contributed by atoms with E-state index in [-0.39, 0.29) is 33.9 Å². The second kappa shape index (κ2) is 28.4. The Kier molecular flexibility index (Phi) is 22.2. The van der Waals surface area contributed by atoms with E-state index in [0.29, 0.717) is 33.8 Å². The van der Waals surface area contributed by atoms with Crippen LogP contribution in [0, 0.1) is 0 Å². The molecule has 0 aliphatic carbocycles. The SMILES string of the molecule is C=C(C)C(=O)OCCOC(=O)c1ccc(CSC2(c3ccccn3)CC=CC(CCCCCCCCCCC3C=CCC(SCc4ccc(C(=O)OCCOC)cc4)(c4ccccn4)S3)S2)cc1. The van der Waals surface area contributed by atoms with E-state index >= 15 is 0 Å². The molecule has 2 aliphatic rings. The summed E-state index contributed by atoms with van der Waals surface area (Å²) in [4.78, 5) is 46.2.